The van der Waals surface area contributed by atoms with Gasteiger partial charge in [0, 0.05) is 25.9 Å². The summed E-state index contributed by atoms with van der Waals surface area (Å²) in [6.45, 7) is 0.438. The highest BCUT2D eigenvalue weighted by Crippen LogP contribution is 2.31. The third-order valence-corrected chi connectivity index (χ3v) is 6.17. The van der Waals surface area contributed by atoms with Crippen LogP contribution in [0.25, 0.3) is 33.5 Å². The smallest absolute Gasteiger partial charge is 0.220 e. The van der Waals surface area contributed by atoms with E-state index in [0.29, 0.717) is 18.9 Å². The molecule has 0 saturated heterocycles. The van der Waals surface area contributed by atoms with E-state index in [-0.39, 0.29) is 5.91 Å². The summed E-state index contributed by atoms with van der Waals surface area (Å²) in [5.74, 6) is 1.40. The topological polar surface area (TPSA) is 101 Å². The molecule has 160 valence electrons. The molecule has 0 unspecified atom stereocenters. The number of aryl methyl sites for hydroxylation is 1. The Morgan fingerprint density at radius 3 is 2.90 bits per heavy atom. The molecule has 1 amide bonds. The molecule has 4 aromatic rings. The summed E-state index contributed by atoms with van der Waals surface area (Å²) in [5, 5.41) is 7.16. The van der Waals surface area contributed by atoms with Gasteiger partial charge in [-0.3, -0.25) is 4.79 Å². The second-order valence-corrected chi connectivity index (χ2v) is 8.35. The van der Waals surface area contributed by atoms with Gasteiger partial charge in [-0.05, 0) is 37.0 Å². The van der Waals surface area contributed by atoms with Gasteiger partial charge in [0.15, 0.2) is 5.82 Å². The van der Waals surface area contributed by atoms with Crippen LogP contribution in [0.1, 0.15) is 37.8 Å². The lowest BCUT2D eigenvalue weighted by Crippen LogP contribution is -2.25. The minimum atomic E-state index is 0.118. The number of amides is 1. The van der Waals surface area contributed by atoms with Crippen LogP contribution in [-0.2, 0) is 18.4 Å². The van der Waals surface area contributed by atoms with Gasteiger partial charge in [-0.15, -0.1) is 0 Å². The molecule has 0 radical (unpaired) electrons. The summed E-state index contributed by atoms with van der Waals surface area (Å²) in [7, 11) is 3.83. The lowest BCUT2D eigenvalue weighted by molar-refractivity contribution is -0.122. The Labute approximate surface area is 180 Å². The molecule has 4 heterocycles. The highest BCUT2D eigenvalue weighted by molar-refractivity contribution is 6.07. The molecule has 1 aliphatic rings. The number of rotatable bonds is 6. The van der Waals surface area contributed by atoms with Crippen molar-refractivity contribution in [2.75, 3.05) is 12.4 Å². The number of pyridine rings is 2. The first-order valence-electron chi connectivity index (χ1n) is 10.9. The van der Waals surface area contributed by atoms with Crippen molar-refractivity contribution in [3.05, 3.63) is 36.3 Å². The molecule has 5 rings (SSSR count). The number of hydrogen-bond donors (Lipinski definition) is 3. The number of imidazole rings is 1. The van der Waals surface area contributed by atoms with E-state index in [1.165, 1.54) is 25.7 Å². The van der Waals surface area contributed by atoms with Gasteiger partial charge in [-0.25, -0.2) is 15.0 Å². The SMILES string of the molecule is CNc1nc2[nH]c(-c3cccc(CNC(=O)CC4CCCC4)n3)cc2c2c1ncn2C. The number of nitrogens with one attached hydrogen (secondary N) is 3. The van der Waals surface area contributed by atoms with Gasteiger partial charge in [0.05, 0.1) is 35.5 Å². The number of aromatic amines is 1. The maximum absolute atomic E-state index is 12.3. The Balaban J connectivity index is 1.39. The number of aromatic nitrogens is 5. The Kier molecular flexibility index (Phi) is 5.05. The van der Waals surface area contributed by atoms with E-state index >= 15 is 0 Å². The zero-order valence-electron chi connectivity index (χ0n) is 17.9. The van der Waals surface area contributed by atoms with Crippen molar-refractivity contribution >= 4 is 33.8 Å². The third-order valence-electron chi connectivity index (χ3n) is 6.17. The van der Waals surface area contributed by atoms with Crippen LogP contribution >= 0.6 is 0 Å². The molecule has 8 nitrogen and oxygen atoms in total. The van der Waals surface area contributed by atoms with E-state index in [0.717, 1.165) is 45.0 Å². The van der Waals surface area contributed by atoms with Gasteiger partial charge in [0.2, 0.25) is 5.91 Å². The molecule has 0 aromatic carbocycles. The van der Waals surface area contributed by atoms with Crippen LogP contribution in [-0.4, -0.2) is 37.5 Å². The van der Waals surface area contributed by atoms with Crippen molar-refractivity contribution in [2.45, 2.75) is 38.6 Å². The highest BCUT2D eigenvalue weighted by atomic mass is 16.1. The maximum atomic E-state index is 12.3. The molecule has 4 aromatic heterocycles. The van der Waals surface area contributed by atoms with E-state index in [1.807, 2.05) is 36.9 Å². The molecule has 0 bridgehead atoms. The maximum Gasteiger partial charge on any atom is 0.220 e. The monoisotopic (exact) mass is 417 g/mol. The van der Waals surface area contributed by atoms with Crippen molar-refractivity contribution in [3.63, 3.8) is 0 Å². The lowest BCUT2D eigenvalue weighted by atomic mass is 10.0. The molecule has 8 heteroatoms. The molecule has 1 fully saturated rings. The second-order valence-electron chi connectivity index (χ2n) is 8.35. The van der Waals surface area contributed by atoms with Crippen molar-refractivity contribution in [1.29, 1.82) is 0 Å². The summed E-state index contributed by atoms with van der Waals surface area (Å²) >= 11 is 0. The fourth-order valence-electron chi connectivity index (χ4n) is 4.58. The fraction of sp³-hybridized carbons (Fsp3) is 0.391. The van der Waals surface area contributed by atoms with E-state index in [4.69, 9.17) is 4.98 Å². The average Bonchev–Trinajstić information content (AvgIpc) is 3.52. The van der Waals surface area contributed by atoms with Crippen LogP contribution < -0.4 is 10.6 Å². The summed E-state index contributed by atoms with van der Waals surface area (Å²) in [5.41, 5.74) is 5.19. The number of fused-ring (bicyclic) bond motifs is 3. The quantitative estimate of drug-likeness (QED) is 0.444. The number of carbonyl (C=O) groups excluding carboxylic acids is 1. The van der Waals surface area contributed by atoms with Crippen molar-refractivity contribution in [3.8, 4) is 11.4 Å². The van der Waals surface area contributed by atoms with Gasteiger partial charge in [0.1, 0.15) is 11.2 Å². The summed E-state index contributed by atoms with van der Waals surface area (Å²) in [4.78, 5) is 29.6. The number of carbonyl (C=O) groups is 1. The van der Waals surface area contributed by atoms with E-state index in [1.54, 1.807) is 6.33 Å². The minimum absolute atomic E-state index is 0.118. The molecule has 0 aliphatic heterocycles. The number of nitrogens with zero attached hydrogens (tertiary/aromatic N) is 4. The summed E-state index contributed by atoms with van der Waals surface area (Å²) in [6.07, 6.45) is 7.28. The molecule has 31 heavy (non-hydrogen) atoms. The summed E-state index contributed by atoms with van der Waals surface area (Å²) in [6, 6.07) is 7.95. The number of hydrogen-bond acceptors (Lipinski definition) is 5. The normalized spacial score (nSPS) is 14.5. The Hall–Kier alpha value is -3.42. The minimum Gasteiger partial charge on any atom is -0.371 e. The Bertz CT molecular complexity index is 1250. The second kappa shape index (κ2) is 8.02. The third kappa shape index (κ3) is 3.73. The lowest BCUT2D eigenvalue weighted by Gasteiger charge is -2.09. The predicted octanol–water partition coefficient (Wildman–Crippen LogP) is 3.75. The first-order chi connectivity index (χ1) is 15.1. The molecular weight excluding hydrogens is 390 g/mol. The van der Waals surface area contributed by atoms with Gasteiger partial charge in [-0.2, -0.15) is 0 Å². The van der Waals surface area contributed by atoms with Crippen LogP contribution in [0.4, 0.5) is 5.82 Å². The molecule has 0 spiro atoms. The van der Waals surface area contributed by atoms with Gasteiger partial charge < -0.3 is 20.2 Å². The molecular formula is C23H27N7O. The Morgan fingerprint density at radius 1 is 1.26 bits per heavy atom. The number of H-pyrrole nitrogens is 1. The fourth-order valence-corrected chi connectivity index (χ4v) is 4.58. The largest absolute Gasteiger partial charge is 0.371 e. The first kappa shape index (κ1) is 19.5. The first-order valence-corrected chi connectivity index (χ1v) is 10.9. The van der Waals surface area contributed by atoms with E-state index < -0.39 is 0 Å². The van der Waals surface area contributed by atoms with Crippen molar-refractivity contribution in [1.82, 2.24) is 29.8 Å². The number of anilines is 1. The molecule has 0 atom stereocenters. The highest BCUT2D eigenvalue weighted by Gasteiger charge is 2.19. The average molecular weight is 418 g/mol. The zero-order valence-corrected chi connectivity index (χ0v) is 17.9. The molecule has 3 N–H and O–H groups in total. The van der Waals surface area contributed by atoms with Gasteiger partial charge in [0.25, 0.3) is 0 Å². The van der Waals surface area contributed by atoms with Crippen molar-refractivity contribution < 1.29 is 4.79 Å². The van der Waals surface area contributed by atoms with E-state index in [9.17, 15) is 4.79 Å². The Morgan fingerprint density at radius 2 is 2.10 bits per heavy atom. The molecule has 1 saturated carbocycles. The van der Waals surface area contributed by atoms with Crippen LogP contribution in [0.5, 0.6) is 0 Å². The predicted molar refractivity (Wildman–Crippen MR) is 122 cm³/mol. The van der Waals surface area contributed by atoms with Crippen LogP contribution in [0, 0.1) is 5.92 Å². The van der Waals surface area contributed by atoms with Gasteiger partial charge in [-0.1, -0.05) is 18.9 Å². The van der Waals surface area contributed by atoms with Crippen molar-refractivity contribution in [2.24, 2.45) is 13.0 Å². The van der Waals surface area contributed by atoms with Gasteiger partial charge >= 0.3 is 0 Å². The van der Waals surface area contributed by atoms with E-state index in [2.05, 4.69) is 31.7 Å². The standard InChI is InChI=1S/C23H27N7O/c1-24-23-20-21(30(2)13-26-20)16-11-18(28-22(16)29-23)17-9-5-8-15(27-17)12-25-19(31)10-14-6-3-4-7-14/h5,8-9,11,13-14H,3-4,6-7,10,12H2,1-2H3,(H,25,31)(H2,24,28,29). The zero-order chi connectivity index (χ0) is 21.4. The molecule has 1 aliphatic carbocycles. The van der Waals surface area contributed by atoms with Crippen LogP contribution in [0.15, 0.2) is 30.6 Å². The van der Waals surface area contributed by atoms with Crippen LogP contribution in [0.3, 0.4) is 0 Å². The summed E-state index contributed by atoms with van der Waals surface area (Å²) < 4.78 is 2.00. The van der Waals surface area contributed by atoms with Crippen LogP contribution in [0.2, 0.25) is 0 Å².